The van der Waals surface area contributed by atoms with Crippen molar-refractivity contribution in [2.75, 3.05) is 13.2 Å². The molecular formula is C5H11NO. The molecule has 42 valence electrons. The Labute approximate surface area is 44.2 Å². The van der Waals surface area contributed by atoms with Crippen molar-refractivity contribution in [3.05, 3.63) is 0 Å². The van der Waals surface area contributed by atoms with Crippen molar-refractivity contribution < 1.29 is 4.74 Å². The lowest BCUT2D eigenvalue weighted by molar-refractivity contribution is 0.342. The summed E-state index contributed by atoms with van der Waals surface area (Å²) in [6.07, 6.45) is 1.49. The van der Waals surface area contributed by atoms with E-state index >= 15 is 0 Å². The summed E-state index contributed by atoms with van der Waals surface area (Å²) in [4.78, 5) is 3.81. The van der Waals surface area contributed by atoms with Gasteiger partial charge >= 0.3 is 0 Å². The third kappa shape index (κ3) is 5.47. The van der Waals surface area contributed by atoms with Crippen LogP contribution in [0.4, 0.5) is 0 Å². The molecule has 0 amide bonds. The zero-order valence-electron chi connectivity index (χ0n) is 4.85. The number of hydrogen-bond acceptors (Lipinski definition) is 2. The van der Waals surface area contributed by atoms with Crippen molar-refractivity contribution in [2.24, 2.45) is 4.99 Å². The number of ether oxygens (including phenoxy) is 1. The predicted octanol–water partition coefficient (Wildman–Crippen LogP) is 1.07. The third-order valence-electron chi connectivity index (χ3n) is 0.498. The summed E-state index contributed by atoms with van der Waals surface area (Å²) in [5.41, 5.74) is 0. The summed E-state index contributed by atoms with van der Waals surface area (Å²) < 4.78 is 4.78. The van der Waals surface area contributed by atoms with E-state index in [2.05, 4.69) is 4.99 Å². The molecule has 0 aromatic rings. The Morgan fingerprint density at radius 2 is 2.29 bits per heavy atom. The minimum atomic E-state index is 0.712. The zero-order chi connectivity index (χ0) is 5.54. The van der Waals surface area contributed by atoms with Gasteiger partial charge in [-0.1, -0.05) is 0 Å². The van der Waals surface area contributed by atoms with Gasteiger partial charge < -0.3 is 4.74 Å². The molecule has 0 saturated carbocycles. The first kappa shape index (κ1) is 6.47. The van der Waals surface area contributed by atoms with Gasteiger partial charge in [0.1, 0.15) is 0 Å². The molecule has 0 N–H and O–H groups in total. The van der Waals surface area contributed by atoms with Gasteiger partial charge in [-0.15, -0.1) is 0 Å². The fourth-order valence-electron chi connectivity index (χ4n) is 0.202. The van der Waals surface area contributed by atoms with Gasteiger partial charge in [0.25, 0.3) is 0 Å². The maximum atomic E-state index is 4.78. The molecule has 2 nitrogen and oxygen atoms in total. The Kier molecular flexibility index (Phi) is 5.06. The first-order chi connectivity index (χ1) is 3.41. The van der Waals surface area contributed by atoms with Crippen LogP contribution in [-0.2, 0) is 4.74 Å². The molecule has 0 saturated heterocycles. The van der Waals surface area contributed by atoms with E-state index in [1.165, 1.54) is 6.40 Å². The first-order valence-electron chi connectivity index (χ1n) is 2.51. The van der Waals surface area contributed by atoms with Crippen LogP contribution < -0.4 is 0 Å². The molecular weight excluding hydrogens is 90.1 g/mol. The Morgan fingerprint density at radius 3 is 2.71 bits per heavy atom. The molecule has 0 bridgehead atoms. The fraction of sp³-hybridized carbons (Fsp3) is 0.800. The fourth-order valence-corrected chi connectivity index (χ4v) is 0.202. The Hall–Kier alpha value is -0.530. The van der Waals surface area contributed by atoms with Gasteiger partial charge in [0.2, 0.25) is 0 Å². The Bertz CT molecular complexity index is 52.0. The molecule has 0 spiro atoms. The van der Waals surface area contributed by atoms with Crippen LogP contribution in [0, 0.1) is 0 Å². The molecule has 0 aromatic heterocycles. The van der Waals surface area contributed by atoms with Gasteiger partial charge in [-0.25, -0.2) is 0 Å². The van der Waals surface area contributed by atoms with E-state index in [0.29, 0.717) is 6.61 Å². The molecule has 2 heteroatoms. The Balaban J connectivity index is 2.78. The molecule has 0 aliphatic carbocycles. The van der Waals surface area contributed by atoms with E-state index in [-0.39, 0.29) is 0 Å². The molecule has 0 aliphatic rings. The number of nitrogens with zero attached hydrogens (tertiary/aromatic N) is 1. The molecule has 0 aromatic carbocycles. The maximum absolute atomic E-state index is 4.78. The van der Waals surface area contributed by atoms with E-state index in [4.69, 9.17) is 4.74 Å². The topological polar surface area (TPSA) is 21.6 Å². The first-order valence-corrected chi connectivity index (χ1v) is 2.51. The van der Waals surface area contributed by atoms with Crippen molar-refractivity contribution in [2.45, 2.75) is 13.8 Å². The molecule has 0 atom stereocenters. The van der Waals surface area contributed by atoms with Crippen LogP contribution in [0.3, 0.4) is 0 Å². The van der Waals surface area contributed by atoms with E-state index in [9.17, 15) is 0 Å². The number of hydrogen-bond donors (Lipinski definition) is 0. The van der Waals surface area contributed by atoms with Gasteiger partial charge in [0.15, 0.2) is 6.40 Å². The molecule has 0 radical (unpaired) electrons. The Morgan fingerprint density at radius 1 is 1.57 bits per heavy atom. The summed E-state index contributed by atoms with van der Waals surface area (Å²) >= 11 is 0. The summed E-state index contributed by atoms with van der Waals surface area (Å²) in [5, 5.41) is 0. The smallest absolute Gasteiger partial charge is 0.169 e. The number of rotatable bonds is 3. The van der Waals surface area contributed by atoms with Crippen LogP contribution in [0.25, 0.3) is 0 Å². The maximum Gasteiger partial charge on any atom is 0.169 e. The van der Waals surface area contributed by atoms with Gasteiger partial charge in [-0.05, 0) is 13.8 Å². The second kappa shape index (κ2) is 5.47. The highest BCUT2D eigenvalue weighted by Crippen LogP contribution is 1.66. The summed E-state index contributed by atoms with van der Waals surface area (Å²) in [6.45, 7) is 5.42. The number of aliphatic imine (C=N–C) groups is 1. The van der Waals surface area contributed by atoms with Crippen LogP contribution in [-0.4, -0.2) is 19.6 Å². The zero-order valence-corrected chi connectivity index (χ0v) is 4.85. The minimum absolute atomic E-state index is 0.712. The van der Waals surface area contributed by atoms with E-state index in [1.807, 2.05) is 13.8 Å². The van der Waals surface area contributed by atoms with Crippen molar-refractivity contribution in [1.29, 1.82) is 0 Å². The molecule has 0 heterocycles. The molecule has 0 rings (SSSR count). The lowest BCUT2D eigenvalue weighted by atomic mass is 10.8. The lowest BCUT2D eigenvalue weighted by Gasteiger charge is -1.87. The SMILES string of the molecule is CC/N=C\OCC. The average molecular weight is 101 g/mol. The lowest BCUT2D eigenvalue weighted by Crippen LogP contribution is -1.84. The average Bonchev–Trinajstić information content (AvgIpc) is 1.69. The van der Waals surface area contributed by atoms with Crippen molar-refractivity contribution in [1.82, 2.24) is 0 Å². The summed E-state index contributed by atoms with van der Waals surface area (Å²) in [6, 6.07) is 0. The predicted molar refractivity (Wildman–Crippen MR) is 30.7 cm³/mol. The second-order valence-corrected chi connectivity index (χ2v) is 1.06. The van der Waals surface area contributed by atoms with Crippen molar-refractivity contribution in [3.8, 4) is 0 Å². The minimum Gasteiger partial charge on any atom is -0.484 e. The molecule has 0 unspecified atom stereocenters. The highest BCUT2D eigenvalue weighted by molar-refractivity contribution is 5.45. The van der Waals surface area contributed by atoms with Crippen LogP contribution in [0.5, 0.6) is 0 Å². The standard InChI is InChI=1S/C5H11NO/c1-3-6-5-7-4-2/h5H,3-4H2,1-2H3/b6-5-. The van der Waals surface area contributed by atoms with Crippen LogP contribution in [0.1, 0.15) is 13.8 Å². The normalized spacial score (nSPS) is 10.0. The molecule has 0 aliphatic heterocycles. The highest BCUT2D eigenvalue weighted by atomic mass is 16.5. The van der Waals surface area contributed by atoms with Crippen molar-refractivity contribution >= 4 is 6.40 Å². The second-order valence-electron chi connectivity index (χ2n) is 1.06. The van der Waals surface area contributed by atoms with E-state index in [0.717, 1.165) is 6.54 Å². The van der Waals surface area contributed by atoms with E-state index < -0.39 is 0 Å². The van der Waals surface area contributed by atoms with Gasteiger partial charge in [-0.2, -0.15) is 0 Å². The third-order valence-corrected chi connectivity index (χ3v) is 0.498. The van der Waals surface area contributed by atoms with Crippen LogP contribution >= 0.6 is 0 Å². The summed E-state index contributed by atoms with van der Waals surface area (Å²) in [5.74, 6) is 0. The van der Waals surface area contributed by atoms with Gasteiger partial charge in [0, 0.05) is 6.54 Å². The quantitative estimate of drug-likeness (QED) is 0.385. The molecule has 7 heavy (non-hydrogen) atoms. The monoisotopic (exact) mass is 101 g/mol. The van der Waals surface area contributed by atoms with Gasteiger partial charge in [-0.3, -0.25) is 4.99 Å². The molecule has 0 fully saturated rings. The largest absolute Gasteiger partial charge is 0.484 e. The summed E-state index contributed by atoms with van der Waals surface area (Å²) in [7, 11) is 0. The van der Waals surface area contributed by atoms with Crippen LogP contribution in [0.2, 0.25) is 0 Å². The van der Waals surface area contributed by atoms with Crippen molar-refractivity contribution in [3.63, 3.8) is 0 Å². The van der Waals surface area contributed by atoms with E-state index in [1.54, 1.807) is 0 Å². The van der Waals surface area contributed by atoms with Crippen LogP contribution in [0.15, 0.2) is 4.99 Å². The highest BCUT2D eigenvalue weighted by Gasteiger charge is 1.65. The van der Waals surface area contributed by atoms with Gasteiger partial charge in [0.05, 0.1) is 6.61 Å².